The average molecular weight is 423 g/mol. The van der Waals surface area contributed by atoms with E-state index in [1.165, 1.54) is 0 Å². The predicted octanol–water partition coefficient (Wildman–Crippen LogP) is 4.73. The third-order valence-corrected chi connectivity index (χ3v) is 5.83. The van der Waals surface area contributed by atoms with Gasteiger partial charge >= 0.3 is 12.2 Å². The van der Waals surface area contributed by atoms with Crippen LogP contribution in [0.15, 0.2) is 30.3 Å². The van der Waals surface area contributed by atoms with Crippen molar-refractivity contribution in [3.8, 4) is 0 Å². The topological polar surface area (TPSA) is 76.7 Å². The molecule has 0 radical (unpaired) electrons. The van der Waals surface area contributed by atoms with Crippen molar-refractivity contribution in [2.75, 3.05) is 11.5 Å². The number of hydrogen-bond acceptors (Lipinski definition) is 5. The zero-order chi connectivity index (χ0) is 21.3. The van der Waals surface area contributed by atoms with Gasteiger partial charge in [-0.05, 0) is 63.0 Å². The molecular formula is C22H34N2O4S. The lowest BCUT2D eigenvalue weighted by Gasteiger charge is -2.36. The molecule has 1 saturated carbocycles. The van der Waals surface area contributed by atoms with E-state index >= 15 is 0 Å². The molecule has 0 aromatic heterocycles. The molecule has 0 bridgehead atoms. The fraction of sp³-hybridized carbons (Fsp3) is 0.636. The summed E-state index contributed by atoms with van der Waals surface area (Å²) in [7, 11) is 0. The van der Waals surface area contributed by atoms with Gasteiger partial charge in [-0.25, -0.2) is 9.59 Å². The van der Waals surface area contributed by atoms with Crippen molar-refractivity contribution in [2.45, 2.75) is 71.2 Å². The normalized spacial score (nSPS) is 21.9. The van der Waals surface area contributed by atoms with E-state index in [-0.39, 0.29) is 36.8 Å². The van der Waals surface area contributed by atoms with E-state index in [2.05, 4.69) is 17.6 Å². The van der Waals surface area contributed by atoms with Crippen LogP contribution in [0.5, 0.6) is 0 Å². The van der Waals surface area contributed by atoms with Crippen molar-refractivity contribution in [3.05, 3.63) is 35.9 Å². The SMILES string of the molecule is CCSCC1CC(NC(=O)OC(C)(C)C)CCC1NC(=O)OCc1ccccc1. The lowest BCUT2D eigenvalue weighted by Crippen LogP contribution is -2.50. The Kier molecular flexibility index (Phi) is 9.14. The summed E-state index contributed by atoms with van der Waals surface area (Å²) < 4.78 is 10.8. The Labute approximate surface area is 178 Å². The van der Waals surface area contributed by atoms with E-state index in [0.717, 1.165) is 36.3 Å². The Hall–Kier alpha value is -1.89. The number of hydrogen-bond donors (Lipinski definition) is 2. The van der Waals surface area contributed by atoms with Crippen molar-refractivity contribution in [3.63, 3.8) is 0 Å². The highest BCUT2D eigenvalue weighted by atomic mass is 32.2. The Morgan fingerprint density at radius 1 is 1.10 bits per heavy atom. The van der Waals surface area contributed by atoms with Crippen molar-refractivity contribution in [2.24, 2.45) is 5.92 Å². The van der Waals surface area contributed by atoms with E-state index in [4.69, 9.17) is 9.47 Å². The summed E-state index contributed by atoms with van der Waals surface area (Å²) in [6, 6.07) is 9.76. The van der Waals surface area contributed by atoms with Crippen LogP contribution in [0.2, 0.25) is 0 Å². The molecule has 0 saturated heterocycles. The lowest BCUT2D eigenvalue weighted by molar-refractivity contribution is 0.0478. The molecule has 29 heavy (non-hydrogen) atoms. The number of carbonyl (C=O) groups is 2. The van der Waals surface area contributed by atoms with Crippen LogP contribution in [0.25, 0.3) is 0 Å². The molecule has 2 amide bonds. The number of amides is 2. The minimum Gasteiger partial charge on any atom is -0.445 e. The molecule has 3 unspecified atom stereocenters. The van der Waals surface area contributed by atoms with E-state index < -0.39 is 5.60 Å². The van der Waals surface area contributed by atoms with Gasteiger partial charge in [-0.2, -0.15) is 11.8 Å². The van der Waals surface area contributed by atoms with Gasteiger partial charge in [-0.15, -0.1) is 0 Å². The first kappa shape index (κ1) is 23.4. The maximum Gasteiger partial charge on any atom is 0.407 e. The Bertz CT molecular complexity index is 648. The molecular weight excluding hydrogens is 388 g/mol. The monoisotopic (exact) mass is 422 g/mol. The second kappa shape index (κ2) is 11.3. The number of carbonyl (C=O) groups excluding carboxylic acids is 2. The average Bonchev–Trinajstić information content (AvgIpc) is 2.65. The predicted molar refractivity (Wildman–Crippen MR) is 117 cm³/mol. The van der Waals surface area contributed by atoms with Crippen LogP contribution >= 0.6 is 11.8 Å². The molecule has 7 heteroatoms. The van der Waals surface area contributed by atoms with E-state index in [0.29, 0.717) is 0 Å². The lowest BCUT2D eigenvalue weighted by atomic mass is 9.82. The number of alkyl carbamates (subject to hydrolysis) is 2. The van der Waals surface area contributed by atoms with E-state index in [1.54, 1.807) is 0 Å². The second-order valence-corrected chi connectivity index (χ2v) is 9.71. The molecule has 162 valence electrons. The smallest absolute Gasteiger partial charge is 0.407 e. The molecule has 1 fully saturated rings. The summed E-state index contributed by atoms with van der Waals surface area (Å²) in [5, 5.41) is 6.03. The van der Waals surface area contributed by atoms with Crippen LogP contribution in [-0.2, 0) is 16.1 Å². The third-order valence-electron chi connectivity index (χ3n) is 4.76. The Morgan fingerprint density at radius 3 is 2.48 bits per heavy atom. The van der Waals surface area contributed by atoms with Gasteiger partial charge in [-0.3, -0.25) is 0 Å². The summed E-state index contributed by atoms with van der Waals surface area (Å²) >= 11 is 1.85. The molecule has 1 aromatic rings. The van der Waals surface area contributed by atoms with Crippen LogP contribution in [-0.4, -0.2) is 41.4 Å². The van der Waals surface area contributed by atoms with Gasteiger partial charge in [0.25, 0.3) is 0 Å². The van der Waals surface area contributed by atoms with Crippen molar-refractivity contribution < 1.29 is 19.1 Å². The van der Waals surface area contributed by atoms with Crippen LogP contribution in [0.1, 0.15) is 52.5 Å². The highest BCUT2D eigenvalue weighted by molar-refractivity contribution is 7.99. The Balaban J connectivity index is 1.85. The van der Waals surface area contributed by atoms with Gasteiger partial charge in [0, 0.05) is 12.1 Å². The molecule has 3 atom stereocenters. The van der Waals surface area contributed by atoms with Gasteiger partial charge in [0.1, 0.15) is 12.2 Å². The summed E-state index contributed by atoms with van der Waals surface area (Å²) in [4.78, 5) is 24.4. The van der Waals surface area contributed by atoms with Crippen LogP contribution in [0.4, 0.5) is 9.59 Å². The molecule has 2 N–H and O–H groups in total. The van der Waals surface area contributed by atoms with Crippen LogP contribution in [0.3, 0.4) is 0 Å². The third kappa shape index (κ3) is 8.98. The van der Waals surface area contributed by atoms with Gasteiger partial charge in [0.05, 0.1) is 0 Å². The summed E-state index contributed by atoms with van der Waals surface area (Å²) in [5.41, 5.74) is 0.453. The van der Waals surface area contributed by atoms with Gasteiger partial charge in [0.2, 0.25) is 0 Å². The first-order valence-electron chi connectivity index (χ1n) is 10.3. The van der Waals surface area contributed by atoms with Gasteiger partial charge < -0.3 is 20.1 Å². The fourth-order valence-electron chi connectivity index (χ4n) is 3.43. The number of rotatable bonds is 7. The van der Waals surface area contributed by atoms with Crippen molar-refractivity contribution in [1.82, 2.24) is 10.6 Å². The van der Waals surface area contributed by atoms with Gasteiger partial charge in [0.15, 0.2) is 0 Å². The number of thioether (sulfide) groups is 1. The van der Waals surface area contributed by atoms with Crippen LogP contribution in [0, 0.1) is 5.92 Å². The highest BCUT2D eigenvalue weighted by Gasteiger charge is 2.33. The molecule has 1 aliphatic rings. The largest absolute Gasteiger partial charge is 0.445 e. The first-order valence-corrected chi connectivity index (χ1v) is 11.5. The van der Waals surface area contributed by atoms with Crippen molar-refractivity contribution >= 4 is 23.9 Å². The zero-order valence-corrected chi connectivity index (χ0v) is 18.7. The summed E-state index contributed by atoms with van der Waals surface area (Å²) in [5.74, 6) is 2.23. The summed E-state index contributed by atoms with van der Waals surface area (Å²) in [6.45, 7) is 7.95. The number of nitrogens with one attached hydrogen (secondary N) is 2. The maximum absolute atomic E-state index is 12.3. The van der Waals surface area contributed by atoms with Crippen molar-refractivity contribution in [1.29, 1.82) is 0 Å². The number of ether oxygens (including phenoxy) is 2. The number of benzene rings is 1. The molecule has 1 aromatic carbocycles. The molecule has 2 rings (SSSR count). The summed E-state index contributed by atoms with van der Waals surface area (Å²) in [6.07, 6.45) is 1.66. The molecule has 0 aliphatic heterocycles. The first-order chi connectivity index (χ1) is 13.8. The minimum absolute atomic E-state index is 0.0500. The van der Waals surface area contributed by atoms with Gasteiger partial charge in [-0.1, -0.05) is 37.3 Å². The second-order valence-electron chi connectivity index (χ2n) is 8.39. The Morgan fingerprint density at radius 2 is 1.83 bits per heavy atom. The highest BCUT2D eigenvalue weighted by Crippen LogP contribution is 2.28. The minimum atomic E-state index is -0.511. The standard InChI is InChI=1S/C22H34N2O4S/c1-5-29-15-17-13-18(23-21(26)28-22(2,3)4)11-12-19(17)24-20(25)27-14-16-9-7-6-8-10-16/h6-10,17-19H,5,11-15H2,1-4H3,(H,23,26)(H,24,25). The maximum atomic E-state index is 12.3. The van der Waals surface area contributed by atoms with E-state index in [1.807, 2.05) is 62.9 Å². The quantitative estimate of drug-likeness (QED) is 0.664. The molecule has 6 nitrogen and oxygen atoms in total. The van der Waals surface area contributed by atoms with Crippen LogP contribution < -0.4 is 10.6 Å². The zero-order valence-electron chi connectivity index (χ0n) is 17.9. The fourth-order valence-corrected chi connectivity index (χ4v) is 4.34. The molecule has 0 spiro atoms. The molecule has 1 aliphatic carbocycles. The molecule has 0 heterocycles. The van der Waals surface area contributed by atoms with E-state index in [9.17, 15) is 9.59 Å².